The number of nitrogens with zero attached hydrogens (tertiary/aromatic N) is 3. The standard InChI is InChI=1S/C14H15N5O2S/c15-11-10-12(18-13(17-11)22-7-6-20)19(14(21)16-10)8-9-4-2-1-3-5-9/h1-5,20H,6-8H2,(H,16,21)(H2,15,17,18). The summed E-state index contributed by atoms with van der Waals surface area (Å²) in [5, 5.41) is 9.34. The van der Waals surface area contributed by atoms with Crippen LogP contribution in [0.15, 0.2) is 40.3 Å². The van der Waals surface area contributed by atoms with Crippen molar-refractivity contribution in [2.75, 3.05) is 18.1 Å². The van der Waals surface area contributed by atoms with Gasteiger partial charge in [-0.3, -0.25) is 4.57 Å². The Morgan fingerprint density at radius 1 is 1.27 bits per heavy atom. The molecule has 0 aliphatic heterocycles. The van der Waals surface area contributed by atoms with Crippen LogP contribution in [0.25, 0.3) is 11.2 Å². The fourth-order valence-corrected chi connectivity index (χ4v) is 2.73. The molecule has 0 saturated heterocycles. The molecule has 0 bridgehead atoms. The van der Waals surface area contributed by atoms with Crippen LogP contribution < -0.4 is 11.4 Å². The molecule has 0 atom stereocenters. The molecule has 0 fully saturated rings. The Kier molecular flexibility index (Phi) is 4.12. The Hall–Kier alpha value is -2.32. The van der Waals surface area contributed by atoms with E-state index in [4.69, 9.17) is 10.8 Å². The van der Waals surface area contributed by atoms with Gasteiger partial charge in [0.1, 0.15) is 5.52 Å². The maximum Gasteiger partial charge on any atom is 0.328 e. The number of imidazole rings is 1. The van der Waals surface area contributed by atoms with Crippen LogP contribution in [0.4, 0.5) is 5.82 Å². The second kappa shape index (κ2) is 6.20. The minimum Gasteiger partial charge on any atom is -0.396 e. The third-order valence-electron chi connectivity index (χ3n) is 3.14. The van der Waals surface area contributed by atoms with E-state index in [1.807, 2.05) is 30.3 Å². The van der Waals surface area contributed by atoms with E-state index in [1.54, 1.807) is 0 Å². The predicted octanol–water partition coefficient (Wildman–Crippen LogP) is 0.834. The average molecular weight is 317 g/mol. The number of nitrogens with two attached hydrogens (primary N) is 1. The number of nitrogens with one attached hydrogen (secondary N) is 1. The van der Waals surface area contributed by atoms with E-state index in [1.165, 1.54) is 16.3 Å². The molecule has 3 rings (SSSR count). The Morgan fingerprint density at radius 3 is 2.77 bits per heavy atom. The van der Waals surface area contributed by atoms with E-state index in [0.717, 1.165) is 5.56 Å². The van der Waals surface area contributed by atoms with Gasteiger partial charge in [-0.1, -0.05) is 42.1 Å². The van der Waals surface area contributed by atoms with E-state index in [2.05, 4.69) is 15.0 Å². The Labute approximate surface area is 130 Å². The van der Waals surface area contributed by atoms with Crippen molar-refractivity contribution in [3.8, 4) is 0 Å². The van der Waals surface area contributed by atoms with Gasteiger partial charge in [-0.15, -0.1) is 0 Å². The van der Waals surface area contributed by atoms with Gasteiger partial charge in [0.15, 0.2) is 16.6 Å². The van der Waals surface area contributed by atoms with Gasteiger partial charge in [0.05, 0.1) is 13.2 Å². The van der Waals surface area contributed by atoms with Gasteiger partial charge in [0.25, 0.3) is 0 Å². The van der Waals surface area contributed by atoms with Gasteiger partial charge in [0, 0.05) is 5.75 Å². The monoisotopic (exact) mass is 317 g/mol. The minimum atomic E-state index is -0.274. The van der Waals surface area contributed by atoms with Crippen molar-refractivity contribution in [1.29, 1.82) is 0 Å². The van der Waals surface area contributed by atoms with E-state index < -0.39 is 0 Å². The van der Waals surface area contributed by atoms with Gasteiger partial charge in [-0.2, -0.15) is 0 Å². The van der Waals surface area contributed by atoms with Gasteiger partial charge in [-0.25, -0.2) is 14.8 Å². The number of hydrogen-bond donors (Lipinski definition) is 3. The van der Waals surface area contributed by atoms with E-state index in [0.29, 0.717) is 28.6 Å². The molecular formula is C14H15N5O2S. The first kappa shape index (κ1) is 14.6. The summed E-state index contributed by atoms with van der Waals surface area (Å²) < 4.78 is 1.53. The third-order valence-corrected chi connectivity index (χ3v) is 3.96. The van der Waals surface area contributed by atoms with Gasteiger partial charge in [0.2, 0.25) is 0 Å². The van der Waals surface area contributed by atoms with Crippen LogP contribution in [0.1, 0.15) is 5.56 Å². The first-order chi connectivity index (χ1) is 10.7. The number of aromatic amines is 1. The van der Waals surface area contributed by atoms with E-state index in [-0.39, 0.29) is 18.1 Å². The van der Waals surface area contributed by atoms with Crippen LogP contribution in [0.3, 0.4) is 0 Å². The number of H-pyrrole nitrogens is 1. The zero-order valence-electron chi connectivity index (χ0n) is 11.7. The Morgan fingerprint density at radius 2 is 2.05 bits per heavy atom. The number of thioether (sulfide) groups is 1. The largest absolute Gasteiger partial charge is 0.396 e. The highest BCUT2D eigenvalue weighted by Crippen LogP contribution is 2.20. The smallest absolute Gasteiger partial charge is 0.328 e. The fraction of sp³-hybridized carbons (Fsp3) is 0.214. The van der Waals surface area contributed by atoms with Crippen LogP contribution in [0.5, 0.6) is 0 Å². The number of rotatable bonds is 5. The maximum absolute atomic E-state index is 12.2. The van der Waals surface area contributed by atoms with Crippen LogP contribution in [0.2, 0.25) is 0 Å². The SMILES string of the molecule is Nc1nc(SCCO)nc2c1[nH]c(=O)n2Cc1ccccc1. The second-order valence-electron chi connectivity index (χ2n) is 4.66. The molecule has 7 nitrogen and oxygen atoms in total. The summed E-state index contributed by atoms with van der Waals surface area (Å²) in [5.41, 5.74) is 7.53. The summed E-state index contributed by atoms with van der Waals surface area (Å²) in [5.74, 6) is 0.701. The molecule has 0 spiro atoms. The molecule has 0 radical (unpaired) electrons. The zero-order valence-corrected chi connectivity index (χ0v) is 12.5. The van der Waals surface area contributed by atoms with Gasteiger partial charge in [-0.05, 0) is 5.56 Å². The van der Waals surface area contributed by atoms with Crippen molar-refractivity contribution in [1.82, 2.24) is 19.5 Å². The van der Waals surface area contributed by atoms with Crippen molar-refractivity contribution in [3.05, 3.63) is 46.4 Å². The average Bonchev–Trinajstić information content (AvgIpc) is 2.83. The molecule has 0 unspecified atom stereocenters. The highest BCUT2D eigenvalue weighted by atomic mass is 32.2. The third kappa shape index (κ3) is 2.83. The summed E-state index contributed by atoms with van der Waals surface area (Å²) >= 11 is 1.29. The summed E-state index contributed by atoms with van der Waals surface area (Å²) in [6, 6.07) is 9.64. The molecule has 2 heterocycles. The molecule has 8 heteroatoms. The molecular weight excluding hydrogens is 302 g/mol. The van der Waals surface area contributed by atoms with Crippen molar-refractivity contribution < 1.29 is 5.11 Å². The predicted molar refractivity (Wildman–Crippen MR) is 85.9 cm³/mol. The molecule has 0 aliphatic rings. The number of aliphatic hydroxyl groups excluding tert-OH is 1. The summed E-state index contributed by atoms with van der Waals surface area (Å²) in [6.45, 7) is 0.427. The number of anilines is 1. The lowest BCUT2D eigenvalue weighted by Gasteiger charge is -2.05. The van der Waals surface area contributed by atoms with E-state index >= 15 is 0 Å². The number of nitrogen functional groups attached to an aromatic ring is 1. The molecule has 4 N–H and O–H groups in total. The van der Waals surface area contributed by atoms with Crippen molar-refractivity contribution in [2.45, 2.75) is 11.7 Å². The van der Waals surface area contributed by atoms with E-state index in [9.17, 15) is 4.79 Å². The molecule has 0 saturated carbocycles. The number of aliphatic hydroxyl groups is 1. The van der Waals surface area contributed by atoms with Gasteiger partial charge < -0.3 is 15.8 Å². The lowest BCUT2D eigenvalue weighted by molar-refractivity contribution is 0.322. The molecule has 1 aromatic carbocycles. The first-order valence-electron chi connectivity index (χ1n) is 6.72. The van der Waals surface area contributed by atoms with Crippen molar-refractivity contribution in [2.24, 2.45) is 0 Å². The second-order valence-corrected chi connectivity index (χ2v) is 5.73. The number of benzene rings is 1. The number of fused-ring (bicyclic) bond motifs is 1. The molecule has 2 aromatic heterocycles. The molecule has 3 aromatic rings. The lowest BCUT2D eigenvalue weighted by Crippen LogP contribution is -2.17. The number of aromatic nitrogens is 4. The van der Waals surface area contributed by atoms with Crippen LogP contribution in [-0.2, 0) is 6.54 Å². The summed E-state index contributed by atoms with van der Waals surface area (Å²) in [6.07, 6.45) is 0. The Bertz CT molecular complexity index is 844. The maximum atomic E-state index is 12.2. The Balaban J connectivity index is 2.07. The topological polar surface area (TPSA) is 110 Å². The quantitative estimate of drug-likeness (QED) is 0.475. The molecule has 0 amide bonds. The highest BCUT2D eigenvalue weighted by molar-refractivity contribution is 7.99. The van der Waals surface area contributed by atoms with Gasteiger partial charge >= 0.3 is 5.69 Å². The van der Waals surface area contributed by atoms with Crippen LogP contribution >= 0.6 is 11.8 Å². The van der Waals surface area contributed by atoms with Crippen LogP contribution in [-0.4, -0.2) is 37.0 Å². The molecule has 22 heavy (non-hydrogen) atoms. The minimum absolute atomic E-state index is 0.0237. The number of hydrogen-bond acceptors (Lipinski definition) is 6. The summed E-state index contributed by atoms with van der Waals surface area (Å²) in [7, 11) is 0. The van der Waals surface area contributed by atoms with Crippen molar-refractivity contribution in [3.63, 3.8) is 0 Å². The molecule has 114 valence electrons. The fourth-order valence-electron chi connectivity index (χ4n) is 2.14. The summed E-state index contributed by atoms with van der Waals surface area (Å²) in [4.78, 5) is 23.4. The lowest BCUT2D eigenvalue weighted by atomic mass is 10.2. The molecule has 0 aliphatic carbocycles. The zero-order chi connectivity index (χ0) is 15.5. The van der Waals surface area contributed by atoms with Crippen LogP contribution in [0, 0.1) is 0 Å². The van der Waals surface area contributed by atoms with Crippen molar-refractivity contribution >= 4 is 28.7 Å². The highest BCUT2D eigenvalue weighted by Gasteiger charge is 2.14. The first-order valence-corrected chi connectivity index (χ1v) is 7.71. The normalized spacial score (nSPS) is 11.1.